The summed E-state index contributed by atoms with van der Waals surface area (Å²) in [5.41, 5.74) is 13.9. The van der Waals surface area contributed by atoms with E-state index in [9.17, 15) is 0 Å². The summed E-state index contributed by atoms with van der Waals surface area (Å²) in [7, 11) is 9.45. The number of benzene rings is 2. The molecule has 0 radical (unpaired) electrons. The van der Waals surface area contributed by atoms with Crippen molar-refractivity contribution in [1.29, 1.82) is 0 Å². The number of methoxy groups -OCH3 is 6. The molecular weight excluding hydrogens is 388 g/mol. The quantitative estimate of drug-likeness (QED) is 0.570. The maximum absolute atomic E-state index is 6.72. The fraction of sp³-hybridized carbons (Fsp3) is 0.455. The van der Waals surface area contributed by atoms with Gasteiger partial charge in [-0.3, -0.25) is 0 Å². The van der Waals surface area contributed by atoms with Crippen LogP contribution in [-0.2, 0) is 12.8 Å². The smallest absolute Gasteiger partial charge is 0.203 e. The fourth-order valence-corrected chi connectivity index (χ4v) is 3.49. The van der Waals surface area contributed by atoms with E-state index < -0.39 is 5.54 Å². The first kappa shape index (κ1) is 23.4. The lowest BCUT2D eigenvalue weighted by atomic mass is 9.85. The number of hydrogen-bond acceptors (Lipinski definition) is 8. The highest BCUT2D eigenvalue weighted by molar-refractivity contribution is 5.55. The van der Waals surface area contributed by atoms with Crippen LogP contribution in [0.1, 0.15) is 11.1 Å². The Morgan fingerprint density at radius 3 is 1.10 bits per heavy atom. The molecule has 0 aliphatic heterocycles. The van der Waals surface area contributed by atoms with Crippen LogP contribution >= 0.6 is 0 Å². The molecule has 2 aromatic carbocycles. The van der Waals surface area contributed by atoms with Crippen molar-refractivity contribution in [3.8, 4) is 34.5 Å². The van der Waals surface area contributed by atoms with Crippen molar-refractivity contribution in [3.05, 3.63) is 35.4 Å². The highest BCUT2D eigenvalue weighted by Gasteiger charge is 2.27. The predicted molar refractivity (Wildman–Crippen MR) is 116 cm³/mol. The highest BCUT2D eigenvalue weighted by atomic mass is 16.5. The molecule has 0 aliphatic carbocycles. The molecule has 2 aromatic rings. The number of ether oxygens (including phenoxy) is 6. The lowest BCUT2D eigenvalue weighted by Gasteiger charge is -2.29. The Balaban J connectivity index is 2.39. The maximum atomic E-state index is 6.72. The molecule has 0 bridgehead atoms. The third-order valence-corrected chi connectivity index (χ3v) is 4.97. The van der Waals surface area contributed by atoms with Crippen LogP contribution in [0.3, 0.4) is 0 Å². The molecule has 30 heavy (non-hydrogen) atoms. The van der Waals surface area contributed by atoms with Gasteiger partial charge < -0.3 is 39.9 Å². The van der Waals surface area contributed by atoms with Gasteiger partial charge in [-0.05, 0) is 48.2 Å². The summed E-state index contributed by atoms with van der Waals surface area (Å²) in [6.07, 6.45) is 0.994. The van der Waals surface area contributed by atoms with E-state index in [0.717, 1.165) is 11.1 Å². The second-order valence-electron chi connectivity index (χ2n) is 6.99. The Hall–Kier alpha value is -2.84. The minimum atomic E-state index is -0.727. The van der Waals surface area contributed by atoms with Crippen LogP contribution in [0.25, 0.3) is 0 Å². The lowest BCUT2D eigenvalue weighted by molar-refractivity contribution is 0.321. The normalized spacial score (nSPS) is 11.1. The van der Waals surface area contributed by atoms with E-state index in [1.807, 2.05) is 24.3 Å². The van der Waals surface area contributed by atoms with Crippen LogP contribution in [0.5, 0.6) is 34.5 Å². The number of nitrogens with two attached hydrogens (primary N) is 2. The van der Waals surface area contributed by atoms with Gasteiger partial charge >= 0.3 is 0 Å². The first-order chi connectivity index (χ1) is 14.4. The first-order valence-corrected chi connectivity index (χ1v) is 9.45. The second-order valence-corrected chi connectivity index (χ2v) is 6.99. The average molecular weight is 421 g/mol. The number of hydrogen-bond donors (Lipinski definition) is 2. The molecule has 0 unspecified atom stereocenters. The molecule has 0 spiro atoms. The third kappa shape index (κ3) is 5.01. The largest absolute Gasteiger partial charge is 0.493 e. The van der Waals surface area contributed by atoms with E-state index in [1.54, 1.807) is 42.7 Å². The minimum Gasteiger partial charge on any atom is -0.493 e. The maximum Gasteiger partial charge on any atom is 0.203 e. The third-order valence-electron chi connectivity index (χ3n) is 4.97. The molecule has 0 aromatic heterocycles. The van der Waals surface area contributed by atoms with Crippen molar-refractivity contribution < 1.29 is 28.4 Å². The van der Waals surface area contributed by atoms with Gasteiger partial charge in [-0.25, -0.2) is 0 Å². The van der Waals surface area contributed by atoms with Crippen molar-refractivity contribution in [2.75, 3.05) is 49.2 Å². The number of rotatable bonds is 11. The first-order valence-electron chi connectivity index (χ1n) is 9.45. The van der Waals surface area contributed by atoms with Crippen molar-refractivity contribution in [2.24, 2.45) is 11.5 Å². The lowest BCUT2D eigenvalue weighted by Crippen LogP contribution is -2.50. The Kier molecular flexibility index (Phi) is 8.02. The van der Waals surface area contributed by atoms with Crippen molar-refractivity contribution in [3.63, 3.8) is 0 Å². The summed E-state index contributed by atoms with van der Waals surface area (Å²) in [5.74, 6) is 3.34. The summed E-state index contributed by atoms with van der Waals surface area (Å²) >= 11 is 0. The molecule has 0 heterocycles. The van der Waals surface area contributed by atoms with Crippen LogP contribution in [0.4, 0.5) is 0 Å². The molecule has 0 amide bonds. The Morgan fingerprint density at radius 2 is 0.900 bits per heavy atom. The van der Waals surface area contributed by atoms with Gasteiger partial charge in [0.1, 0.15) is 0 Å². The van der Waals surface area contributed by atoms with E-state index in [4.69, 9.17) is 39.9 Å². The fourth-order valence-electron chi connectivity index (χ4n) is 3.49. The molecule has 0 saturated heterocycles. The van der Waals surface area contributed by atoms with Crippen LogP contribution in [0.2, 0.25) is 0 Å². The molecule has 0 saturated carbocycles. The van der Waals surface area contributed by atoms with E-state index >= 15 is 0 Å². The summed E-state index contributed by atoms with van der Waals surface area (Å²) < 4.78 is 32.6. The van der Waals surface area contributed by atoms with Gasteiger partial charge in [-0.1, -0.05) is 0 Å². The van der Waals surface area contributed by atoms with Crippen LogP contribution < -0.4 is 39.9 Å². The van der Waals surface area contributed by atoms with Crippen LogP contribution in [-0.4, -0.2) is 54.7 Å². The molecule has 0 atom stereocenters. The van der Waals surface area contributed by atoms with Gasteiger partial charge in [-0.15, -0.1) is 0 Å². The van der Waals surface area contributed by atoms with Crippen molar-refractivity contribution in [2.45, 2.75) is 18.4 Å². The highest BCUT2D eigenvalue weighted by Crippen LogP contribution is 2.40. The van der Waals surface area contributed by atoms with Crippen LogP contribution in [0, 0.1) is 0 Å². The van der Waals surface area contributed by atoms with E-state index in [-0.39, 0.29) is 6.54 Å². The topological polar surface area (TPSA) is 107 Å². The second kappa shape index (κ2) is 10.3. The zero-order chi connectivity index (χ0) is 22.3. The predicted octanol–water partition coefficient (Wildman–Crippen LogP) is 2.18. The molecule has 0 fully saturated rings. The average Bonchev–Trinajstić information content (AvgIpc) is 2.77. The van der Waals surface area contributed by atoms with Crippen LogP contribution in [0.15, 0.2) is 24.3 Å². The van der Waals surface area contributed by atoms with Gasteiger partial charge in [0.2, 0.25) is 11.5 Å². The molecular formula is C22H32N2O6. The summed E-state index contributed by atoms with van der Waals surface area (Å²) in [4.78, 5) is 0. The monoisotopic (exact) mass is 420 g/mol. The van der Waals surface area contributed by atoms with Crippen molar-refractivity contribution in [1.82, 2.24) is 0 Å². The van der Waals surface area contributed by atoms with Crippen molar-refractivity contribution >= 4 is 0 Å². The van der Waals surface area contributed by atoms with Gasteiger partial charge in [0.15, 0.2) is 23.0 Å². The molecule has 2 rings (SSSR count). The molecule has 0 aliphatic rings. The Labute approximate surface area is 177 Å². The SMILES string of the molecule is COc1cc(CC(N)(CN)Cc2cc(OC)c(OC)c(OC)c2)cc(OC)c1OC. The molecule has 166 valence electrons. The summed E-state index contributed by atoms with van der Waals surface area (Å²) in [6, 6.07) is 7.53. The zero-order valence-corrected chi connectivity index (χ0v) is 18.5. The standard InChI is InChI=1S/C22H32N2O6/c1-25-16-7-14(8-17(26-2)20(16)29-5)11-22(24,13-23)12-15-9-18(27-3)21(30-6)19(10-15)28-4/h7-10H,11-13,23-24H2,1-6H3. The summed E-state index contributed by atoms with van der Waals surface area (Å²) in [5, 5.41) is 0. The van der Waals surface area contributed by atoms with Gasteiger partial charge in [0, 0.05) is 12.1 Å². The van der Waals surface area contributed by atoms with E-state index in [2.05, 4.69) is 0 Å². The molecule has 8 heteroatoms. The Morgan fingerprint density at radius 1 is 0.600 bits per heavy atom. The molecule has 8 nitrogen and oxygen atoms in total. The Bertz CT molecular complexity index is 740. The van der Waals surface area contributed by atoms with E-state index in [0.29, 0.717) is 47.3 Å². The van der Waals surface area contributed by atoms with E-state index in [1.165, 1.54) is 0 Å². The van der Waals surface area contributed by atoms with Gasteiger partial charge in [0.05, 0.1) is 42.7 Å². The van der Waals surface area contributed by atoms with Gasteiger partial charge in [-0.2, -0.15) is 0 Å². The summed E-state index contributed by atoms with van der Waals surface area (Å²) in [6.45, 7) is 0.264. The minimum absolute atomic E-state index is 0.264. The molecule has 4 N–H and O–H groups in total. The van der Waals surface area contributed by atoms with Gasteiger partial charge in [0.25, 0.3) is 0 Å². The zero-order valence-electron chi connectivity index (χ0n) is 18.5.